The highest BCUT2D eigenvalue weighted by atomic mass is 35.5. The molecule has 0 aliphatic rings. The summed E-state index contributed by atoms with van der Waals surface area (Å²) in [5.74, 6) is 1.03. The van der Waals surface area contributed by atoms with E-state index < -0.39 is 0 Å². The van der Waals surface area contributed by atoms with Crippen molar-refractivity contribution in [3.63, 3.8) is 0 Å². The van der Waals surface area contributed by atoms with Crippen LogP contribution in [0, 0.1) is 0 Å². The molecule has 2 aromatic carbocycles. The minimum Gasteiger partial charge on any atom is -0.492 e. The molecule has 0 unspecified atom stereocenters. The van der Waals surface area contributed by atoms with E-state index in [1.54, 1.807) is 12.1 Å². The first-order valence-corrected chi connectivity index (χ1v) is 7.52. The van der Waals surface area contributed by atoms with Gasteiger partial charge in [0.15, 0.2) is 5.43 Å². The summed E-state index contributed by atoms with van der Waals surface area (Å²) in [5, 5.41) is 0.907. The van der Waals surface area contributed by atoms with Gasteiger partial charge >= 0.3 is 0 Å². The third-order valence-corrected chi connectivity index (χ3v) is 3.60. The molecule has 3 rings (SSSR count). The van der Waals surface area contributed by atoms with Gasteiger partial charge in [0.25, 0.3) is 0 Å². The Morgan fingerprint density at radius 3 is 2.64 bits per heavy atom. The summed E-state index contributed by atoms with van der Waals surface area (Å²) >= 11 is 6.20. The molecule has 22 heavy (non-hydrogen) atoms. The van der Waals surface area contributed by atoms with Gasteiger partial charge in [-0.15, -0.1) is 0 Å². The smallest absolute Gasteiger partial charge is 0.193 e. The number of halogens is 1. The Labute approximate surface area is 133 Å². The van der Waals surface area contributed by atoms with Crippen molar-refractivity contribution in [1.29, 1.82) is 0 Å². The normalized spacial score (nSPS) is 10.8. The molecule has 0 N–H and O–H groups in total. The van der Waals surface area contributed by atoms with E-state index in [0.717, 1.165) is 12.0 Å². The molecule has 0 amide bonds. The van der Waals surface area contributed by atoms with Gasteiger partial charge in [0, 0.05) is 17.7 Å². The lowest BCUT2D eigenvalue weighted by Crippen LogP contribution is -2.02. The summed E-state index contributed by atoms with van der Waals surface area (Å²) < 4.78 is 11.4. The number of fused-ring (bicyclic) bond motifs is 1. The molecule has 3 aromatic rings. The molecule has 112 valence electrons. The number of hydrogen-bond donors (Lipinski definition) is 0. The maximum Gasteiger partial charge on any atom is 0.193 e. The fraction of sp³-hybridized carbons (Fsp3) is 0.167. The Kier molecular flexibility index (Phi) is 4.16. The van der Waals surface area contributed by atoms with Gasteiger partial charge in [0.2, 0.25) is 0 Å². The minimum absolute atomic E-state index is 0.113. The standard InChI is InChI=1S/C18H15ClO3/c1-2-8-21-18-9-13-15(20)11-16(12-6-4-3-5-7-12)22-17(13)10-14(18)19/h3-7,9-11H,2,8H2,1H3. The highest BCUT2D eigenvalue weighted by Crippen LogP contribution is 2.31. The number of rotatable bonds is 4. The van der Waals surface area contributed by atoms with E-state index in [1.807, 2.05) is 37.3 Å². The molecule has 0 bridgehead atoms. The van der Waals surface area contributed by atoms with Crippen LogP contribution in [-0.4, -0.2) is 6.61 Å². The summed E-state index contributed by atoms with van der Waals surface area (Å²) in [6.07, 6.45) is 0.871. The summed E-state index contributed by atoms with van der Waals surface area (Å²) in [5.41, 5.74) is 1.20. The summed E-state index contributed by atoms with van der Waals surface area (Å²) in [6, 6.07) is 14.3. The molecule has 4 heteroatoms. The first-order valence-electron chi connectivity index (χ1n) is 7.14. The second kappa shape index (κ2) is 6.24. The van der Waals surface area contributed by atoms with Crippen molar-refractivity contribution < 1.29 is 9.15 Å². The summed E-state index contributed by atoms with van der Waals surface area (Å²) in [7, 11) is 0. The van der Waals surface area contributed by atoms with E-state index >= 15 is 0 Å². The van der Waals surface area contributed by atoms with Gasteiger partial charge in [0.05, 0.1) is 17.0 Å². The first-order chi connectivity index (χ1) is 10.7. The van der Waals surface area contributed by atoms with Gasteiger partial charge in [-0.2, -0.15) is 0 Å². The third kappa shape index (κ3) is 2.85. The predicted molar refractivity (Wildman–Crippen MR) is 88.7 cm³/mol. The molecule has 0 fully saturated rings. The maximum absolute atomic E-state index is 12.4. The van der Waals surface area contributed by atoms with Crippen LogP contribution in [0.4, 0.5) is 0 Å². The van der Waals surface area contributed by atoms with Crippen molar-refractivity contribution >= 4 is 22.6 Å². The minimum atomic E-state index is -0.113. The Morgan fingerprint density at radius 1 is 1.14 bits per heavy atom. The van der Waals surface area contributed by atoms with E-state index in [1.165, 1.54) is 6.07 Å². The molecule has 0 aliphatic heterocycles. The lowest BCUT2D eigenvalue weighted by atomic mass is 10.1. The summed E-state index contributed by atoms with van der Waals surface area (Å²) in [4.78, 5) is 12.4. The predicted octanol–water partition coefficient (Wildman–Crippen LogP) is 4.90. The largest absolute Gasteiger partial charge is 0.492 e. The Hall–Kier alpha value is -2.26. The molecular formula is C18H15ClO3. The van der Waals surface area contributed by atoms with E-state index in [9.17, 15) is 4.79 Å². The van der Waals surface area contributed by atoms with Gasteiger partial charge in [-0.1, -0.05) is 48.9 Å². The first kappa shape index (κ1) is 14.7. The molecule has 3 nitrogen and oxygen atoms in total. The number of benzene rings is 2. The van der Waals surface area contributed by atoms with Crippen LogP contribution in [0.5, 0.6) is 5.75 Å². The molecule has 0 aliphatic carbocycles. The van der Waals surface area contributed by atoms with E-state index in [-0.39, 0.29) is 5.43 Å². The number of hydrogen-bond acceptors (Lipinski definition) is 3. The zero-order valence-corrected chi connectivity index (χ0v) is 12.9. The Bertz CT molecular complexity index is 853. The van der Waals surface area contributed by atoms with Crippen molar-refractivity contribution in [2.75, 3.05) is 6.61 Å². The van der Waals surface area contributed by atoms with Crippen LogP contribution in [-0.2, 0) is 0 Å². The molecular weight excluding hydrogens is 300 g/mol. The monoisotopic (exact) mass is 314 g/mol. The van der Waals surface area contributed by atoms with Crippen LogP contribution < -0.4 is 10.2 Å². The van der Waals surface area contributed by atoms with Crippen molar-refractivity contribution in [3.8, 4) is 17.1 Å². The van der Waals surface area contributed by atoms with E-state index in [0.29, 0.717) is 34.1 Å². The topological polar surface area (TPSA) is 39.4 Å². The van der Waals surface area contributed by atoms with Crippen molar-refractivity contribution in [1.82, 2.24) is 0 Å². The van der Waals surface area contributed by atoms with Crippen molar-refractivity contribution in [3.05, 3.63) is 63.8 Å². The van der Waals surface area contributed by atoms with E-state index in [4.69, 9.17) is 20.8 Å². The average Bonchev–Trinajstić information content (AvgIpc) is 2.54. The van der Waals surface area contributed by atoms with Crippen molar-refractivity contribution in [2.45, 2.75) is 13.3 Å². The van der Waals surface area contributed by atoms with Crippen LogP contribution in [0.25, 0.3) is 22.3 Å². The van der Waals surface area contributed by atoms with Gasteiger partial charge in [-0.3, -0.25) is 4.79 Å². The molecule has 0 saturated carbocycles. The maximum atomic E-state index is 12.4. The molecule has 0 spiro atoms. The van der Waals surface area contributed by atoms with Gasteiger partial charge < -0.3 is 9.15 Å². The Balaban J connectivity index is 2.13. The fourth-order valence-electron chi connectivity index (χ4n) is 2.22. The zero-order valence-electron chi connectivity index (χ0n) is 12.1. The molecule has 0 atom stereocenters. The highest BCUT2D eigenvalue weighted by Gasteiger charge is 2.11. The second-order valence-electron chi connectivity index (χ2n) is 4.97. The lowest BCUT2D eigenvalue weighted by Gasteiger charge is -2.09. The number of ether oxygens (including phenoxy) is 1. The van der Waals surface area contributed by atoms with Crippen LogP contribution in [0.2, 0.25) is 5.02 Å². The summed E-state index contributed by atoms with van der Waals surface area (Å²) in [6.45, 7) is 2.56. The lowest BCUT2D eigenvalue weighted by molar-refractivity contribution is 0.318. The Morgan fingerprint density at radius 2 is 1.91 bits per heavy atom. The van der Waals surface area contributed by atoms with Crippen LogP contribution >= 0.6 is 11.6 Å². The van der Waals surface area contributed by atoms with E-state index in [2.05, 4.69) is 0 Å². The highest BCUT2D eigenvalue weighted by molar-refractivity contribution is 6.32. The van der Waals surface area contributed by atoms with Gasteiger partial charge in [-0.05, 0) is 12.5 Å². The van der Waals surface area contributed by atoms with Crippen LogP contribution in [0.3, 0.4) is 0 Å². The van der Waals surface area contributed by atoms with Crippen LogP contribution in [0.15, 0.2) is 57.7 Å². The van der Waals surface area contributed by atoms with Crippen molar-refractivity contribution in [2.24, 2.45) is 0 Å². The zero-order chi connectivity index (χ0) is 15.5. The van der Waals surface area contributed by atoms with Gasteiger partial charge in [-0.25, -0.2) is 0 Å². The fourth-order valence-corrected chi connectivity index (χ4v) is 2.43. The van der Waals surface area contributed by atoms with Gasteiger partial charge in [0.1, 0.15) is 17.1 Å². The molecule has 0 radical (unpaired) electrons. The molecule has 0 saturated heterocycles. The second-order valence-corrected chi connectivity index (χ2v) is 5.38. The average molecular weight is 315 g/mol. The molecule has 1 heterocycles. The SMILES string of the molecule is CCCOc1cc2c(=O)cc(-c3ccccc3)oc2cc1Cl. The quantitative estimate of drug-likeness (QED) is 0.687. The molecule has 1 aromatic heterocycles. The third-order valence-electron chi connectivity index (χ3n) is 3.30. The van der Waals surface area contributed by atoms with Crippen LogP contribution in [0.1, 0.15) is 13.3 Å².